The lowest BCUT2D eigenvalue weighted by molar-refractivity contribution is -0.131. The average Bonchev–Trinajstić information content (AvgIpc) is 2.25. The van der Waals surface area contributed by atoms with Crippen LogP contribution in [0.4, 0.5) is 13.2 Å². The summed E-state index contributed by atoms with van der Waals surface area (Å²) in [6.45, 7) is -0.548. The highest BCUT2D eigenvalue weighted by atomic mass is 19.4. The fraction of sp³-hybridized carbons (Fsp3) is 0.875. The normalized spacial score (nSPS) is 24.2. The van der Waals surface area contributed by atoms with Gasteiger partial charge in [0.05, 0.1) is 12.6 Å². The number of carbonyl (C=O) groups excluding carboxylic acids is 1. The molecular formula is C8H13F3N2O. The van der Waals surface area contributed by atoms with Gasteiger partial charge in [0.25, 0.3) is 0 Å². The van der Waals surface area contributed by atoms with E-state index in [2.05, 4.69) is 10.6 Å². The van der Waals surface area contributed by atoms with Gasteiger partial charge in [0.2, 0.25) is 5.91 Å². The van der Waals surface area contributed by atoms with Gasteiger partial charge in [-0.3, -0.25) is 10.1 Å². The van der Waals surface area contributed by atoms with Crippen LogP contribution in [0.3, 0.4) is 0 Å². The zero-order valence-corrected chi connectivity index (χ0v) is 7.66. The van der Waals surface area contributed by atoms with Crippen molar-refractivity contribution >= 4 is 5.91 Å². The molecule has 0 aliphatic carbocycles. The van der Waals surface area contributed by atoms with Crippen molar-refractivity contribution in [1.29, 1.82) is 0 Å². The number of halogens is 3. The minimum absolute atomic E-state index is 0.327. The van der Waals surface area contributed by atoms with E-state index in [9.17, 15) is 18.0 Å². The molecule has 0 aromatic carbocycles. The van der Waals surface area contributed by atoms with Crippen molar-refractivity contribution in [3.05, 3.63) is 0 Å². The van der Waals surface area contributed by atoms with E-state index in [0.717, 1.165) is 12.8 Å². The van der Waals surface area contributed by atoms with Crippen LogP contribution >= 0.6 is 0 Å². The Kier molecular flexibility index (Phi) is 3.74. The largest absolute Gasteiger partial charge is 0.401 e. The number of hydrogen-bond acceptors (Lipinski definition) is 2. The van der Waals surface area contributed by atoms with Gasteiger partial charge in [0.15, 0.2) is 0 Å². The van der Waals surface area contributed by atoms with Crippen LogP contribution < -0.4 is 10.6 Å². The molecule has 0 bridgehead atoms. The van der Waals surface area contributed by atoms with Crippen molar-refractivity contribution < 1.29 is 18.0 Å². The Labute approximate surface area is 80.0 Å². The molecule has 0 spiro atoms. The van der Waals surface area contributed by atoms with Crippen molar-refractivity contribution in [1.82, 2.24) is 10.6 Å². The molecule has 0 aromatic heterocycles. The van der Waals surface area contributed by atoms with Crippen LogP contribution in [0.1, 0.15) is 19.3 Å². The van der Waals surface area contributed by atoms with Crippen molar-refractivity contribution in [3.63, 3.8) is 0 Å². The summed E-state index contributed by atoms with van der Waals surface area (Å²) in [5, 5.41) is 4.78. The van der Waals surface area contributed by atoms with Crippen LogP contribution in [-0.4, -0.2) is 31.2 Å². The molecule has 0 saturated carbocycles. The van der Waals surface area contributed by atoms with Gasteiger partial charge < -0.3 is 5.32 Å². The second-order valence-corrected chi connectivity index (χ2v) is 3.34. The lowest BCUT2D eigenvalue weighted by Gasteiger charge is -2.16. The molecule has 1 unspecified atom stereocenters. The first-order valence-corrected chi connectivity index (χ1v) is 4.57. The molecule has 1 aliphatic rings. The summed E-state index contributed by atoms with van der Waals surface area (Å²) in [4.78, 5) is 11.2. The monoisotopic (exact) mass is 210 g/mol. The molecule has 6 heteroatoms. The molecule has 1 rings (SSSR count). The highest BCUT2D eigenvalue weighted by Gasteiger charge is 2.30. The van der Waals surface area contributed by atoms with Crippen molar-refractivity contribution in [2.24, 2.45) is 0 Å². The molecule has 1 fully saturated rings. The van der Waals surface area contributed by atoms with E-state index in [-0.39, 0.29) is 5.91 Å². The van der Waals surface area contributed by atoms with Crippen molar-refractivity contribution in [2.75, 3.05) is 13.1 Å². The number of carbonyl (C=O) groups is 1. The van der Waals surface area contributed by atoms with E-state index in [1.54, 1.807) is 0 Å². The minimum Gasteiger partial charge on any atom is -0.355 e. The van der Waals surface area contributed by atoms with Gasteiger partial charge >= 0.3 is 6.18 Å². The SMILES string of the molecule is O=C1NCCCCC1NCC(F)(F)F. The number of alkyl halides is 3. The quantitative estimate of drug-likeness (QED) is 0.708. The van der Waals surface area contributed by atoms with Crippen LogP contribution in [0, 0.1) is 0 Å². The maximum Gasteiger partial charge on any atom is 0.401 e. The fourth-order valence-electron chi connectivity index (χ4n) is 1.37. The molecule has 1 saturated heterocycles. The maximum atomic E-state index is 11.8. The van der Waals surface area contributed by atoms with E-state index >= 15 is 0 Å². The highest BCUT2D eigenvalue weighted by Crippen LogP contribution is 2.14. The van der Waals surface area contributed by atoms with Gasteiger partial charge in [-0.05, 0) is 19.3 Å². The summed E-state index contributed by atoms with van der Waals surface area (Å²) in [6, 6.07) is -0.695. The van der Waals surface area contributed by atoms with Crippen LogP contribution in [-0.2, 0) is 4.79 Å². The van der Waals surface area contributed by atoms with E-state index in [1.165, 1.54) is 0 Å². The van der Waals surface area contributed by atoms with Crippen LogP contribution in [0.5, 0.6) is 0 Å². The second kappa shape index (κ2) is 4.63. The Morgan fingerprint density at radius 2 is 2.14 bits per heavy atom. The zero-order chi connectivity index (χ0) is 10.6. The topological polar surface area (TPSA) is 41.1 Å². The third kappa shape index (κ3) is 3.95. The summed E-state index contributed by atoms with van der Waals surface area (Å²) in [6.07, 6.45) is -2.18. The predicted molar refractivity (Wildman–Crippen MR) is 44.7 cm³/mol. The average molecular weight is 210 g/mol. The first-order valence-electron chi connectivity index (χ1n) is 4.57. The summed E-state index contributed by atoms with van der Waals surface area (Å²) < 4.78 is 35.5. The smallest absolute Gasteiger partial charge is 0.355 e. The third-order valence-electron chi connectivity index (χ3n) is 2.08. The van der Waals surface area contributed by atoms with Gasteiger partial charge in [-0.25, -0.2) is 0 Å². The fourth-order valence-corrected chi connectivity index (χ4v) is 1.37. The van der Waals surface area contributed by atoms with Crippen molar-refractivity contribution in [2.45, 2.75) is 31.5 Å². The zero-order valence-electron chi connectivity index (χ0n) is 7.66. The van der Waals surface area contributed by atoms with Gasteiger partial charge in [0.1, 0.15) is 0 Å². The highest BCUT2D eigenvalue weighted by molar-refractivity contribution is 5.81. The van der Waals surface area contributed by atoms with Crippen molar-refractivity contribution in [3.8, 4) is 0 Å². The van der Waals surface area contributed by atoms with Gasteiger partial charge in [0, 0.05) is 6.54 Å². The Balaban J connectivity index is 2.37. The lowest BCUT2D eigenvalue weighted by atomic mass is 10.1. The van der Waals surface area contributed by atoms with E-state index in [0.29, 0.717) is 13.0 Å². The van der Waals surface area contributed by atoms with E-state index in [4.69, 9.17) is 0 Å². The van der Waals surface area contributed by atoms with Gasteiger partial charge in [-0.1, -0.05) is 0 Å². The van der Waals surface area contributed by atoms with E-state index in [1.807, 2.05) is 0 Å². The number of nitrogens with one attached hydrogen (secondary N) is 2. The Morgan fingerprint density at radius 1 is 1.43 bits per heavy atom. The molecule has 1 aliphatic heterocycles. The third-order valence-corrected chi connectivity index (χ3v) is 2.08. The van der Waals surface area contributed by atoms with Crippen LogP contribution in [0.15, 0.2) is 0 Å². The Bertz CT molecular complexity index is 205. The first-order chi connectivity index (χ1) is 6.49. The lowest BCUT2D eigenvalue weighted by Crippen LogP contribution is -2.46. The molecule has 1 amide bonds. The summed E-state index contributed by atoms with van der Waals surface area (Å²) in [7, 11) is 0. The molecule has 14 heavy (non-hydrogen) atoms. The van der Waals surface area contributed by atoms with Gasteiger partial charge in [-0.15, -0.1) is 0 Å². The van der Waals surface area contributed by atoms with Gasteiger partial charge in [-0.2, -0.15) is 13.2 Å². The Hall–Kier alpha value is -0.780. The molecule has 2 N–H and O–H groups in total. The maximum absolute atomic E-state index is 11.8. The molecule has 82 valence electrons. The molecule has 1 heterocycles. The molecule has 0 aromatic rings. The molecule has 1 atom stereocenters. The number of amides is 1. The number of rotatable bonds is 2. The first kappa shape index (κ1) is 11.3. The standard InChI is InChI=1S/C8H13F3N2O/c9-8(10,11)5-13-6-3-1-2-4-12-7(6)14/h6,13H,1-5H2,(H,12,14). The molecular weight excluding hydrogens is 197 g/mol. The Morgan fingerprint density at radius 3 is 2.79 bits per heavy atom. The van der Waals surface area contributed by atoms with Crippen LogP contribution in [0.2, 0.25) is 0 Å². The minimum atomic E-state index is -4.26. The summed E-state index contributed by atoms with van der Waals surface area (Å²) in [5.74, 6) is -0.327. The summed E-state index contributed by atoms with van der Waals surface area (Å²) in [5.41, 5.74) is 0. The van der Waals surface area contributed by atoms with E-state index < -0.39 is 18.8 Å². The summed E-state index contributed by atoms with van der Waals surface area (Å²) >= 11 is 0. The van der Waals surface area contributed by atoms with Crippen LogP contribution in [0.25, 0.3) is 0 Å². The number of hydrogen-bond donors (Lipinski definition) is 2. The predicted octanol–water partition coefficient (Wildman–Crippen LogP) is 0.807. The second-order valence-electron chi connectivity index (χ2n) is 3.34. The molecule has 0 radical (unpaired) electrons. The molecule has 3 nitrogen and oxygen atoms in total.